The van der Waals surface area contributed by atoms with Gasteiger partial charge in [-0.2, -0.15) is 0 Å². The first-order chi connectivity index (χ1) is 10.3. The van der Waals surface area contributed by atoms with Gasteiger partial charge in [-0.05, 0) is 30.2 Å². The highest BCUT2D eigenvalue weighted by molar-refractivity contribution is 5.73. The van der Waals surface area contributed by atoms with Crippen molar-refractivity contribution in [3.8, 4) is 0 Å². The molecule has 1 atom stereocenters. The maximum atomic E-state index is 6.25. The van der Waals surface area contributed by atoms with Crippen molar-refractivity contribution in [3.05, 3.63) is 65.7 Å². The third-order valence-electron chi connectivity index (χ3n) is 3.57. The van der Waals surface area contributed by atoms with E-state index >= 15 is 0 Å². The van der Waals surface area contributed by atoms with E-state index in [1.165, 1.54) is 5.56 Å². The lowest BCUT2D eigenvalue weighted by molar-refractivity contribution is 0.682. The minimum atomic E-state index is -0.193. The summed E-state index contributed by atoms with van der Waals surface area (Å²) in [6.07, 6.45) is 5.33. The number of hydrogen-bond donors (Lipinski definition) is 1. The van der Waals surface area contributed by atoms with E-state index in [2.05, 4.69) is 27.9 Å². The van der Waals surface area contributed by atoms with Crippen molar-refractivity contribution < 1.29 is 0 Å². The van der Waals surface area contributed by atoms with Crippen LogP contribution in [0.25, 0.3) is 11.0 Å². The zero-order valence-corrected chi connectivity index (χ0v) is 12.0. The minimum absolute atomic E-state index is 0.193. The van der Waals surface area contributed by atoms with Gasteiger partial charge in [0, 0.05) is 18.3 Å². The number of aromatic nitrogens is 3. The van der Waals surface area contributed by atoms with E-state index in [0.717, 1.165) is 28.8 Å². The van der Waals surface area contributed by atoms with Gasteiger partial charge in [-0.1, -0.05) is 25.1 Å². The van der Waals surface area contributed by atoms with Crippen molar-refractivity contribution in [2.24, 2.45) is 5.73 Å². The molecule has 21 heavy (non-hydrogen) atoms. The summed E-state index contributed by atoms with van der Waals surface area (Å²) in [5.41, 5.74) is 11.0. The van der Waals surface area contributed by atoms with E-state index in [1.807, 2.05) is 36.5 Å². The molecule has 0 fully saturated rings. The summed E-state index contributed by atoms with van der Waals surface area (Å²) in [6.45, 7) is 2.12. The summed E-state index contributed by atoms with van der Waals surface area (Å²) >= 11 is 0. The Hall–Kier alpha value is -2.33. The number of pyridine rings is 1. The van der Waals surface area contributed by atoms with E-state index < -0.39 is 0 Å². The van der Waals surface area contributed by atoms with Gasteiger partial charge >= 0.3 is 0 Å². The monoisotopic (exact) mass is 278 g/mol. The lowest BCUT2D eigenvalue weighted by Gasteiger charge is -2.11. The van der Waals surface area contributed by atoms with E-state index in [4.69, 9.17) is 5.73 Å². The fourth-order valence-electron chi connectivity index (χ4n) is 2.27. The summed E-state index contributed by atoms with van der Waals surface area (Å²) in [6, 6.07) is 11.7. The Morgan fingerprint density at radius 2 is 1.81 bits per heavy atom. The van der Waals surface area contributed by atoms with Crippen molar-refractivity contribution >= 4 is 11.0 Å². The topological polar surface area (TPSA) is 64.7 Å². The molecular weight excluding hydrogens is 260 g/mol. The van der Waals surface area contributed by atoms with Crippen molar-refractivity contribution in [2.45, 2.75) is 25.8 Å². The first kappa shape index (κ1) is 13.6. The maximum absolute atomic E-state index is 6.25. The van der Waals surface area contributed by atoms with Gasteiger partial charge in [-0.25, -0.2) is 4.98 Å². The number of aryl methyl sites for hydroxylation is 1. The molecule has 3 rings (SSSR count). The predicted molar refractivity (Wildman–Crippen MR) is 83.8 cm³/mol. The molecule has 4 nitrogen and oxygen atoms in total. The van der Waals surface area contributed by atoms with Gasteiger partial charge < -0.3 is 5.73 Å². The minimum Gasteiger partial charge on any atom is -0.322 e. The average Bonchev–Trinajstić information content (AvgIpc) is 2.55. The third kappa shape index (κ3) is 3.06. The number of benzene rings is 1. The van der Waals surface area contributed by atoms with Crippen LogP contribution in [0.15, 0.2) is 48.8 Å². The highest BCUT2D eigenvalue weighted by Gasteiger charge is 2.11. The maximum Gasteiger partial charge on any atom is 0.0890 e. The highest BCUT2D eigenvalue weighted by atomic mass is 14.8. The van der Waals surface area contributed by atoms with Crippen molar-refractivity contribution in [3.63, 3.8) is 0 Å². The van der Waals surface area contributed by atoms with Crippen LogP contribution in [0.1, 0.15) is 29.9 Å². The fourth-order valence-corrected chi connectivity index (χ4v) is 2.27. The lowest BCUT2D eigenvalue weighted by atomic mass is 10.1. The smallest absolute Gasteiger partial charge is 0.0890 e. The molecule has 2 heterocycles. The molecule has 0 amide bonds. The summed E-state index contributed by atoms with van der Waals surface area (Å²) in [4.78, 5) is 13.4. The summed E-state index contributed by atoms with van der Waals surface area (Å²) < 4.78 is 0. The van der Waals surface area contributed by atoms with Crippen LogP contribution < -0.4 is 5.73 Å². The largest absolute Gasteiger partial charge is 0.322 e. The van der Waals surface area contributed by atoms with E-state index in [9.17, 15) is 0 Å². The van der Waals surface area contributed by atoms with Gasteiger partial charge in [0.1, 0.15) is 0 Å². The standard InChI is InChI=1S/C17H18N4/c1-2-12-7-8-13(19-10-12)9-14(18)17-11-20-15-5-3-4-6-16(15)21-17/h3-8,10-11,14H,2,9,18H2,1H3. The van der Waals surface area contributed by atoms with Crippen LogP contribution in [0.4, 0.5) is 0 Å². The molecular formula is C17H18N4. The Balaban J connectivity index is 1.80. The van der Waals surface area contributed by atoms with E-state index in [1.54, 1.807) is 6.20 Å². The Labute approximate surface area is 124 Å². The van der Waals surface area contributed by atoms with Crippen molar-refractivity contribution in [1.82, 2.24) is 15.0 Å². The van der Waals surface area contributed by atoms with Gasteiger partial charge in [-0.3, -0.25) is 9.97 Å². The van der Waals surface area contributed by atoms with Gasteiger partial charge in [0.2, 0.25) is 0 Å². The number of fused-ring (bicyclic) bond motifs is 1. The normalized spacial score (nSPS) is 12.5. The number of nitrogens with two attached hydrogens (primary N) is 1. The first-order valence-corrected chi connectivity index (χ1v) is 7.17. The van der Waals surface area contributed by atoms with Crippen molar-refractivity contribution in [1.29, 1.82) is 0 Å². The Kier molecular flexibility index (Phi) is 3.88. The van der Waals surface area contributed by atoms with Crippen LogP contribution >= 0.6 is 0 Å². The Morgan fingerprint density at radius 3 is 2.52 bits per heavy atom. The molecule has 2 N–H and O–H groups in total. The number of hydrogen-bond acceptors (Lipinski definition) is 4. The van der Waals surface area contributed by atoms with Crippen LogP contribution in [0, 0.1) is 0 Å². The third-order valence-corrected chi connectivity index (χ3v) is 3.57. The average molecular weight is 278 g/mol. The molecule has 0 aliphatic carbocycles. The zero-order valence-electron chi connectivity index (χ0n) is 12.0. The molecule has 106 valence electrons. The molecule has 1 aromatic carbocycles. The van der Waals surface area contributed by atoms with Crippen LogP contribution in [0.3, 0.4) is 0 Å². The molecule has 0 aliphatic heterocycles. The van der Waals surface area contributed by atoms with Crippen LogP contribution in [0.5, 0.6) is 0 Å². The van der Waals surface area contributed by atoms with E-state index in [-0.39, 0.29) is 6.04 Å². The predicted octanol–water partition coefficient (Wildman–Crippen LogP) is 2.83. The molecule has 0 saturated carbocycles. The SMILES string of the molecule is CCc1ccc(CC(N)c2cnc3ccccc3n2)nc1. The Bertz CT molecular complexity index is 737. The lowest BCUT2D eigenvalue weighted by Crippen LogP contribution is -2.16. The summed E-state index contributed by atoms with van der Waals surface area (Å²) in [5.74, 6) is 0. The van der Waals surface area contributed by atoms with Crippen LogP contribution in [-0.2, 0) is 12.8 Å². The molecule has 3 aromatic rings. The van der Waals surface area contributed by atoms with E-state index in [0.29, 0.717) is 6.42 Å². The number of para-hydroxylation sites is 2. The number of rotatable bonds is 4. The number of nitrogens with zero attached hydrogens (tertiary/aromatic N) is 3. The van der Waals surface area contributed by atoms with Gasteiger partial charge in [0.05, 0.1) is 29.0 Å². The van der Waals surface area contributed by atoms with Crippen LogP contribution in [0.2, 0.25) is 0 Å². The van der Waals surface area contributed by atoms with Gasteiger partial charge in [0.25, 0.3) is 0 Å². The Morgan fingerprint density at radius 1 is 1.00 bits per heavy atom. The van der Waals surface area contributed by atoms with Crippen LogP contribution in [-0.4, -0.2) is 15.0 Å². The molecule has 0 aliphatic rings. The fraction of sp³-hybridized carbons (Fsp3) is 0.235. The van der Waals surface area contributed by atoms with Gasteiger partial charge in [0.15, 0.2) is 0 Å². The zero-order chi connectivity index (χ0) is 14.7. The molecule has 0 radical (unpaired) electrons. The quantitative estimate of drug-likeness (QED) is 0.797. The second-order valence-corrected chi connectivity index (χ2v) is 5.11. The second-order valence-electron chi connectivity index (χ2n) is 5.11. The van der Waals surface area contributed by atoms with Crippen molar-refractivity contribution in [2.75, 3.05) is 0 Å². The summed E-state index contributed by atoms with van der Waals surface area (Å²) in [5, 5.41) is 0. The second kappa shape index (κ2) is 5.97. The summed E-state index contributed by atoms with van der Waals surface area (Å²) in [7, 11) is 0. The molecule has 0 saturated heterocycles. The highest BCUT2D eigenvalue weighted by Crippen LogP contribution is 2.16. The first-order valence-electron chi connectivity index (χ1n) is 7.17. The molecule has 4 heteroatoms. The molecule has 0 spiro atoms. The molecule has 0 bridgehead atoms. The van der Waals surface area contributed by atoms with Gasteiger partial charge in [-0.15, -0.1) is 0 Å². The molecule has 2 aromatic heterocycles. The molecule has 1 unspecified atom stereocenters.